The molecule has 0 atom stereocenters. The third-order valence-electron chi connectivity index (χ3n) is 4.08. The Balaban J connectivity index is 2.38. The summed E-state index contributed by atoms with van der Waals surface area (Å²) in [4.78, 5) is 12.5. The van der Waals surface area contributed by atoms with Gasteiger partial charge in [-0.2, -0.15) is 0 Å². The molecule has 0 aliphatic heterocycles. The molecule has 152 valence electrons. The van der Waals surface area contributed by atoms with E-state index in [2.05, 4.69) is 5.32 Å². The molecule has 28 heavy (non-hydrogen) atoms. The van der Waals surface area contributed by atoms with Gasteiger partial charge in [0.25, 0.3) is 10.0 Å². The molecule has 0 aromatic heterocycles. The summed E-state index contributed by atoms with van der Waals surface area (Å²) in [5, 5.41) is 3.33. The highest BCUT2D eigenvalue weighted by molar-refractivity contribution is 7.92. The van der Waals surface area contributed by atoms with Crippen LogP contribution in [0.15, 0.2) is 47.4 Å². The van der Waals surface area contributed by atoms with Gasteiger partial charge in [0.2, 0.25) is 5.91 Å². The summed E-state index contributed by atoms with van der Waals surface area (Å²) in [5.41, 5.74) is 1.17. The van der Waals surface area contributed by atoms with E-state index in [9.17, 15) is 13.2 Å². The number of nitrogens with one attached hydrogen (secondary N) is 1. The van der Waals surface area contributed by atoms with Crippen molar-refractivity contribution in [2.75, 3.05) is 17.4 Å². The van der Waals surface area contributed by atoms with Gasteiger partial charge < -0.3 is 5.32 Å². The third kappa shape index (κ3) is 6.12. The van der Waals surface area contributed by atoms with Crippen molar-refractivity contribution in [1.29, 1.82) is 0 Å². The van der Waals surface area contributed by atoms with Gasteiger partial charge in [0.15, 0.2) is 0 Å². The topological polar surface area (TPSA) is 66.5 Å². The molecule has 0 saturated heterocycles. The van der Waals surface area contributed by atoms with E-state index in [1.807, 2.05) is 20.8 Å². The molecule has 0 spiro atoms. The first-order chi connectivity index (χ1) is 13.1. The van der Waals surface area contributed by atoms with Crippen molar-refractivity contribution in [2.24, 2.45) is 5.92 Å². The quantitative estimate of drug-likeness (QED) is 0.646. The average molecular weight is 443 g/mol. The van der Waals surface area contributed by atoms with Crippen LogP contribution in [0, 0.1) is 12.8 Å². The normalized spacial score (nSPS) is 11.5. The molecule has 2 aromatic rings. The smallest absolute Gasteiger partial charge is 0.264 e. The van der Waals surface area contributed by atoms with Crippen LogP contribution in [0.1, 0.15) is 25.8 Å². The minimum atomic E-state index is -3.99. The van der Waals surface area contributed by atoms with Gasteiger partial charge in [-0.25, -0.2) is 8.42 Å². The zero-order valence-corrected chi connectivity index (χ0v) is 18.4. The van der Waals surface area contributed by atoms with E-state index in [1.54, 1.807) is 12.1 Å². The maximum Gasteiger partial charge on any atom is 0.264 e. The first kappa shape index (κ1) is 22.5. The van der Waals surface area contributed by atoms with Crippen LogP contribution in [-0.2, 0) is 14.8 Å². The number of nitrogens with zero attached hydrogens (tertiary/aromatic N) is 1. The molecule has 0 aliphatic carbocycles. The first-order valence-corrected chi connectivity index (χ1v) is 11.1. The Hall–Kier alpha value is -1.76. The maximum absolute atomic E-state index is 13.2. The molecule has 0 aliphatic rings. The lowest BCUT2D eigenvalue weighted by molar-refractivity contribution is -0.119. The van der Waals surface area contributed by atoms with E-state index in [4.69, 9.17) is 23.2 Å². The summed E-state index contributed by atoms with van der Waals surface area (Å²) in [6, 6.07) is 10.9. The predicted molar refractivity (Wildman–Crippen MR) is 115 cm³/mol. The Labute approximate surface area is 176 Å². The standard InChI is InChI=1S/C20H24Cl2N2O3S/c1-14(2)8-9-23-20(25)13-24(18-11-16(21)10-17(22)12-18)28(26,27)19-6-4-15(3)5-7-19/h4-7,10-12,14H,8-9,13H2,1-3H3,(H,23,25). The number of rotatable bonds is 8. The summed E-state index contributed by atoms with van der Waals surface area (Å²) in [6.45, 7) is 6.08. The predicted octanol–water partition coefficient (Wildman–Crippen LogP) is 4.66. The lowest BCUT2D eigenvalue weighted by atomic mass is 10.1. The number of carbonyl (C=O) groups excluding carboxylic acids is 1. The minimum absolute atomic E-state index is 0.0872. The Morgan fingerprint density at radius 3 is 2.18 bits per heavy atom. The highest BCUT2D eigenvalue weighted by Gasteiger charge is 2.27. The van der Waals surface area contributed by atoms with Crippen molar-refractivity contribution in [1.82, 2.24) is 5.32 Å². The van der Waals surface area contributed by atoms with E-state index >= 15 is 0 Å². The number of sulfonamides is 1. The molecule has 0 bridgehead atoms. The molecule has 5 nitrogen and oxygen atoms in total. The SMILES string of the molecule is Cc1ccc(S(=O)(=O)N(CC(=O)NCCC(C)C)c2cc(Cl)cc(Cl)c2)cc1. The van der Waals surface area contributed by atoms with Crippen LogP contribution in [0.2, 0.25) is 10.0 Å². The molecule has 0 saturated carbocycles. The van der Waals surface area contributed by atoms with Gasteiger partial charge in [0.05, 0.1) is 10.6 Å². The van der Waals surface area contributed by atoms with E-state index in [1.165, 1.54) is 30.3 Å². The van der Waals surface area contributed by atoms with E-state index < -0.39 is 15.9 Å². The van der Waals surface area contributed by atoms with Gasteiger partial charge in [-0.05, 0) is 49.6 Å². The number of hydrogen-bond acceptors (Lipinski definition) is 3. The summed E-state index contributed by atoms with van der Waals surface area (Å²) >= 11 is 12.1. The van der Waals surface area contributed by atoms with Crippen LogP contribution in [0.4, 0.5) is 5.69 Å². The molecular weight excluding hydrogens is 419 g/mol. The highest BCUT2D eigenvalue weighted by atomic mass is 35.5. The molecule has 8 heteroatoms. The minimum Gasteiger partial charge on any atom is -0.355 e. The summed E-state index contributed by atoms with van der Waals surface area (Å²) in [7, 11) is -3.99. The fourth-order valence-electron chi connectivity index (χ4n) is 2.52. The van der Waals surface area contributed by atoms with Crippen LogP contribution in [-0.4, -0.2) is 27.4 Å². The van der Waals surface area contributed by atoms with Crippen molar-refractivity contribution in [2.45, 2.75) is 32.1 Å². The van der Waals surface area contributed by atoms with E-state index in [0.717, 1.165) is 16.3 Å². The number of benzene rings is 2. The van der Waals surface area contributed by atoms with Gasteiger partial charge in [-0.3, -0.25) is 9.10 Å². The number of hydrogen-bond donors (Lipinski definition) is 1. The van der Waals surface area contributed by atoms with E-state index in [-0.39, 0.29) is 27.2 Å². The second-order valence-corrected chi connectivity index (χ2v) is 9.72. The molecular formula is C20H24Cl2N2O3S. The van der Waals surface area contributed by atoms with Gasteiger partial charge in [-0.15, -0.1) is 0 Å². The van der Waals surface area contributed by atoms with E-state index in [0.29, 0.717) is 12.5 Å². The van der Waals surface area contributed by atoms with Crippen molar-refractivity contribution in [3.63, 3.8) is 0 Å². The number of amides is 1. The average Bonchev–Trinajstić information content (AvgIpc) is 2.58. The number of anilines is 1. The second kappa shape index (κ2) is 9.63. The Morgan fingerprint density at radius 2 is 1.64 bits per heavy atom. The van der Waals surface area contributed by atoms with Crippen molar-refractivity contribution < 1.29 is 13.2 Å². The van der Waals surface area contributed by atoms with Gasteiger partial charge >= 0.3 is 0 Å². The summed E-state index contributed by atoms with van der Waals surface area (Å²) in [5.74, 6) is 0.0341. The third-order valence-corrected chi connectivity index (χ3v) is 6.30. The van der Waals surface area contributed by atoms with Crippen LogP contribution >= 0.6 is 23.2 Å². The molecule has 2 rings (SSSR count). The molecule has 1 N–H and O–H groups in total. The lowest BCUT2D eigenvalue weighted by Crippen LogP contribution is -2.41. The van der Waals surface area contributed by atoms with Crippen LogP contribution in [0.3, 0.4) is 0 Å². The maximum atomic E-state index is 13.2. The van der Waals surface area contributed by atoms with Crippen LogP contribution < -0.4 is 9.62 Å². The van der Waals surface area contributed by atoms with Crippen LogP contribution in [0.5, 0.6) is 0 Å². The monoisotopic (exact) mass is 442 g/mol. The van der Waals surface area contributed by atoms with Crippen LogP contribution in [0.25, 0.3) is 0 Å². The zero-order valence-electron chi connectivity index (χ0n) is 16.1. The zero-order chi connectivity index (χ0) is 20.9. The lowest BCUT2D eigenvalue weighted by Gasteiger charge is -2.24. The van der Waals surface area contributed by atoms with Crippen molar-refractivity contribution >= 4 is 44.8 Å². The number of halogens is 2. The fraction of sp³-hybridized carbons (Fsp3) is 0.350. The first-order valence-electron chi connectivity index (χ1n) is 8.92. The van der Waals surface area contributed by atoms with Gasteiger partial charge in [0.1, 0.15) is 6.54 Å². The number of aryl methyl sites for hydroxylation is 1. The Kier molecular flexibility index (Phi) is 7.75. The number of carbonyl (C=O) groups is 1. The molecule has 1 amide bonds. The summed E-state index contributed by atoms with van der Waals surface area (Å²) in [6.07, 6.45) is 0.805. The molecule has 0 fully saturated rings. The highest BCUT2D eigenvalue weighted by Crippen LogP contribution is 2.29. The molecule has 0 radical (unpaired) electrons. The fourth-order valence-corrected chi connectivity index (χ4v) is 4.44. The van der Waals surface area contributed by atoms with Crippen molar-refractivity contribution in [3.05, 3.63) is 58.1 Å². The van der Waals surface area contributed by atoms with Crippen molar-refractivity contribution in [3.8, 4) is 0 Å². The van der Waals surface area contributed by atoms with Gasteiger partial charge in [-0.1, -0.05) is 54.7 Å². The second-order valence-electron chi connectivity index (χ2n) is 6.98. The molecule has 2 aromatic carbocycles. The Morgan fingerprint density at radius 1 is 1.07 bits per heavy atom. The summed E-state index contributed by atoms with van der Waals surface area (Å²) < 4.78 is 27.5. The molecule has 0 heterocycles. The molecule has 0 unspecified atom stereocenters. The largest absolute Gasteiger partial charge is 0.355 e. The Bertz CT molecular complexity index is 909. The van der Waals surface area contributed by atoms with Gasteiger partial charge in [0, 0.05) is 16.6 Å².